The molecular weight excluding hydrogens is 554 g/mol. The Morgan fingerprint density at radius 3 is 2.79 bits per heavy atom. The Bertz CT molecular complexity index is 1240. The molecule has 0 aromatic carbocycles. The van der Waals surface area contributed by atoms with Crippen LogP contribution >= 0.6 is 34.9 Å². The van der Waals surface area contributed by atoms with Crippen molar-refractivity contribution in [3.8, 4) is 0 Å². The Labute approximate surface area is 230 Å². The lowest BCUT2D eigenvalue weighted by molar-refractivity contribution is -0.150. The summed E-state index contributed by atoms with van der Waals surface area (Å²) < 4.78 is 6.69. The molecule has 1 unspecified atom stereocenters. The number of thioether (sulfide) groups is 2. The Hall–Kier alpha value is -3.11. The van der Waals surface area contributed by atoms with E-state index in [1.54, 1.807) is 20.8 Å². The molecule has 1 saturated heterocycles. The summed E-state index contributed by atoms with van der Waals surface area (Å²) in [6, 6.07) is 2.93. The highest BCUT2D eigenvalue weighted by Gasteiger charge is 2.54. The summed E-state index contributed by atoms with van der Waals surface area (Å²) in [7, 11) is 0. The molecule has 3 N–H and O–H groups in total. The van der Waals surface area contributed by atoms with Gasteiger partial charge in [-0.1, -0.05) is 17.8 Å². The van der Waals surface area contributed by atoms with Crippen LogP contribution in [0.25, 0.3) is 0 Å². The van der Waals surface area contributed by atoms with Crippen LogP contribution in [0.3, 0.4) is 0 Å². The number of carbonyl (C=O) groups excluding carboxylic acids is 3. The number of nitrogens with zero attached hydrogens (tertiary/aromatic N) is 5. The minimum absolute atomic E-state index is 0.0689. The third-order valence-corrected chi connectivity index (χ3v) is 8.61. The molecule has 16 heteroatoms. The molecular formula is C22H27N7O6S3. The summed E-state index contributed by atoms with van der Waals surface area (Å²) >= 11 is 4.10. The molecule has 4 heterocycles. The van der Waals surface area contributed by atoms with E-state index in [2.05, 4.69) is 26.2 Å². The smallest absolute Gasteiger partial charge is 0.407 e. The number of ether oxygens (including phenoxy) is 1. The number of fused-ring (bicyclic) bond motifs is 1. The Morgan fingerprint density at radius 2 is 2.11 bits per heavy atom. The number of hydrogen-bond donors (Lipinski definition) is 3. The van der Waals surface area contributed by atoms with Crippen molar-refractivity contribution < 1.29 is 29.0 Å². The fraction of sp³-hybridized carbons (Fsp3) is 0.500. The number of aliphatic carboxylic acids is 1. The van der Waals surface area contributed by atoms with E-state index in [0.29, 0.717) is 16.5 Å². The maximum absolute atomic E-state index is 12.9. The quantitative estimate of drug-likeness (QED) is 0.273. The number of β-lactam (4-membered cyclic amide) rings is 1. The molecule has 38 heavy (non-hydrogen) atoms. The second kappa shape index (κ2) is 11.7. The van der Waals surface area contributed by atoms with Crippen LogP contribution in [-0.4, -0.2) is 89.2 Å². The van der Waals surface area contributed by atoms with E-state index in [9.17, 15) is 24.3 Å². The van der Waals surface area contributed by atoms with Crippen LogP contribution in [0.4, 0.5) is 4.79 Å². The number of carboxylic acids is 1. The van der Waals surface area contributed by atoms with E-state index in [4.69, 9.17) is 4.74 Å². The first-order valence-corrected chi connectivity index (χ1v) is 14.5. The summed E-state index contributed by atoms with van der Waals surface area (Å²) in [5.74, 6) is -1.30. The van der Waals surface area contributed by atoms with Crippen molar-refractivity contribution in [1.82, 2.24) is 35.7 Å². The second-order valence-electron chi connectivity index (χ2n) is 9.37. The Kier molecular flexibility index (Phi) is 8.62. The number of aromatic nitrogens is 4. The molecule has 13 nitrogen and oxygen atoms in total. The molecule has 2 aromatic heterocycles. The van der Waals surface area contributed by atoms with Crippen LogP contribution in [-0.2, 0) is 32.1 Å². The fourth-order valence-corrected chi connectivity index (χ4v) is 6.85. The lowest BCUT2D eigenvalue weighted by Gasteiger charge is -2.49. The van der Waals surface area contributed by atoms with Crippen molar-refractivity contribution in [2.24, 2.45) is 0 Å². The zero-order chi connectivity index (χ0) is 27.4. The highest BCUT2D eigenvalue weighted by Crippen LogP contribution is 2.41. The van der Waals surface area contributed by atoms with E-state index >= 15 is 0 Å². The number of hydrogen-bond acceptors (Lipinski definition) is 11. The molecule has 2 aliphatic heterocycles. The lowest BCUT2D eigenvalue weighted by atomic mass is 10.0. The summed E-state index contributed by atoms with van der Waals surface area (Å²) in [4.78, 5) is 51.3. The zero-order valence-corrected chi connectivity index (χ0v) is 23.3. The first-order valence-electron chi connectivity index (χ1n) is 11.6. The molecule has 0 bridgehead atoms. The monoisotopic (exact) mass is 581 g/mol. The average Bonchev–Trinajstić information content (AvgIpc) is 3.51. The number of amides is 3. The van der Waals surface area contributed by atoms with Crippen LogP contribution in [0.2, 0.25) is 0 Å². The van der Waals surface area contributed by atoms with Gasteiger partial charge in [-0.15, -0.1) is 28.2 Å². The number of alkyl carbamates (subject to hydrolysis) is 1. The lowest BCUT2D eigenvalue weighted by Crippen LogP contribution is -2.70. The van der Waals surface area contributed by atoms with Crippen molar-refractivity contribution in [3.05, 3.63) is 33.7 Å². The van der Waals surface area contributed by atoms with Gasteiger partial charge < -0.3 is 20.5 Å². The van der Waals surface area contributed by atoms with Gasteiger partial charge in [0.15, 0.2) is 0 Å². The predicted molar refractivity (Wildman–Crippen MR) is 140 cm³/mol. The van der Waals surface area contributed by atoms with Gasteiger partial charge in [-0.2, -0.15) is 0 Å². The molecule has 0 radical (unpaired) electrons. The van der Waals surface area contributed by atoms with Gasteiger partial charge in [0.25, 0.3) is 5.91 Å². The largest absolute Gasteiger partial charge is 0.477 e. The van der Waals surface area contributed by atoms with Crippen molar-refractivity contribution >= 4 is 58.7 Å². The molecule has 3 amide bonds. The minimum atomic E-state index is -1.20. The van der Waals surface area contributed by atoms with Gasteiger partial charge >= 0.3 is 12.1 Å². The summed E-state index contributed by atoms with van der Waals surface area (Å²) in [6.45, 7) is 5.82. The van der Waals surface area contributed by atoms with Gasteiger partial charge in [-0.25, -0.2) is 14.3 Å². The topological polar surface area (TPSA) is 169 Å². The number of nitrogens with one attached hydrogen (secondary N) is 2. The maximum atomic E-state index is 12.9. The number of carboxylic acid groups (broad SMARTS) is 1. The molecule has 1 fully saturated rings. The Morgan fingerprint density at radius 1 is 1.32 bits per heavy atom. The van der Waals surface area contributed by atoms with Crippen LogP contribution in [0.15, 0.2) is 33.9 Å². The summed E-state index contributed by atoms with van der Waals surface area (Å²) in [5, 5.41) is 28.7. The number of tetrazole rings is 1. The van der Waals surface area contributed by atoms with Gasteiger partial charge in [0.2, 0.25) is 11.1 Å². The SMILES string of the molecule is CC(C)(C)OC(=O)NCCn1nnnc1SCC1=C(C(=O)O)N2C(=O)C(NC(=O)Cc3cccs3)[C@H]2SC1. The van der Waals surface area contributed by atoms with E-state index in [-0.39, 0.29) is 36.9 Å². The van der Waals surface area contributed by atoms with Gasteiger partial charge in [-0.05, 0) is 48.2 Å². The van der Waals surface area contributed by atoms with Crippen LogP contribution in [0.1, 0.15) is 25.6 Å². The average molecular weight is 582 g/mol. The van der Waals surface area contributed by atoms with Crippen molar-refractivity contribution in [2.45, 2.75) is 55.9 Å². The van der Waals surface area contributed by atoms with E-state index in [1.807, 2.05) is 17.5 Å². The molecule has 0 saturated carbocycles. The standard InChI is InChI=1S/C22H27N7O6S3/c1-22(2,3)35-21(34)23-6-7-28-20(25-26-27-28)38-11-12-10-37-18-15(17(31)29(18)16(12)19(32)33)24-14(30)9-13-5-4-8-36-13/h4-5,8,15,18H,6-7,9-11H2,1-3H3,(H,23,34)(H,24,30)(H,32,33)/t15?,18-/m1/s1. The first kappa shape index (κ1) is 27.9. The van der Waals surface area contributed by atoms with Crippen molar-refractivity contribution in [3.63, 3.8) is 0 Å². The van der Waals surface area contributed by atoms with Crippen LogP contribution in [0, 0.1) is 0 Å². The summed E-state index contributed by atoms with van der Waals surface area (Å²) in [6.07, 6.45) is -0.380. The molecule has 2 aliphatic rings. The molecule has 2 aromatic rings. The van der Waals surface area contributed by atoms with Gasteiger partial charge in [-0.3, -0.25) is 14.5 Å². The molecule has 0 spiro atoms. The maximum Gasteiger partial charge on any atom is 0.407 e. The summed E-state index contributed by atoms with van der Waals surface area (Å²) in [5.41, 5.74) is -0.123. The highest BCUT2D eigenvalue weighted by molar-refractivity contribution is 8.01. The second-order valence-corrected chi connectivity index (χ2v) is 12.5. The fourth-order valence-electron chi connectivity index (χ4n) is 3.76. The van der Waals surface area contributed by atoms with Gasteiger partial charge in [0.1, 0.15) is 22.7 Å². The van der Waals surface area contributed by atoms with E-state index < -0.39 is 35.0 Å². The predicted octanol–water partition coefficient (Wildman–Crippen LogP) is 1.33. The first-order chi connectivity index (χ1) is 18.0. The zero-order valence-electron chi connectivity index (χ0n) is 20.9. The molecule has 4 rings (SSSR count). The molecule has 204 valence electrons. The van der Waals surface area contributed by atoms with Crippen LogP contribution < -0.4 is 10.6 Å². The van der Waals surface area contributed by atoms with Crippen LogP contribution in [0.5, 0.6) is 0 Å². The van der Waals surface area contributed by atoms with Crippen molar-refractivity contribution in [1.29, 1.82) is 0 Å². The Balaban J connectivity index is 1.34. The highest BCUT2D eigenvalue weighted by atomic mass is 32.2. The third kappa shape index (κ3) is 6.66. The van der Waals surface area contributed by atoms with Gasteiger partial charge in [0, 0.05) is 22.9 Å². The van der Waals surface area contributed by atoms with E-state index in [0.717, 1.165) is 4.88 Å². The number of carbonyl (C=O) groups is 4. The van der Waals surface area contributed by atoms with Crippen molar-refractivity contribution in [2.75, 3.05) is 18.1 Å². The van der Waals surface area contributed by atoms with E-state index in [1.165, 1.54) is 44.4 Å². The molecule has 2 atom stereocenters. The molecule has 0 aliphatic carbocycles. The number of rotatable bonds is 10. The minimum Gasteiger partial charge on any atom is -0.477 e. The normalized spacial score (nSPS) is 19.0. The number of thiophene rings is 1. The van der Waals surface area contributed by atoms with Gasteiger partial charge in [0.05, 0.1) is 13.0 Å². The third-order valence-electron chi connectivity index (χ3n) is 5.35.